The molecule has 0 amide bonds. The smallest absolute Gasteiger partial charge is 0.0471 e. The summed E-state index contributed by atoms with van der Waals surface area (Å²) >= 11 is 0. The van der Waals surface area contributed by atoms with E-state index in [-0.39, 0.29) is 0 Å². The lowest BCUT2D eigenvalue weighted by Gasteiger charge is -2.47. The zero-order chi connectivity index (χ0) is 14.0. The standard InChI is InChI=1S/C16H32N2O/c1-6-19-8-7-16(4)9-14-10-17(5)15(16)12-18(11-14)13(2)3/h13-15H,6-12H2,1-5H3. The van der Waals surface area contributed by atoms with Crippen LogP contribution in [0.5, 0.6) is 0 Å². The molecule has 3 saturated heterocycles. The zero-order valence-electron chi connectivity index (χ0n) is 13.5. The Labute approximate surface area is 119 Å². The van der Waals surface area contributed by atoms with E-state index in [9.17, 15) is 0 Å². The first-order valence-corrected chi connectivity index (χ1v) is 7.98. The summed E-state index contributed by atoms with van der Waals surface area (Å²) in [5, 5.41) is 0. The molecule has 3 fully saturated rings. The molecule has 0 N–H and O–H groups in total. The average Bonchev–Trinajstić information content (AvgIpc) is 2.56. The summed E-state index contributed by atoms with van der Waals surface area (Å²) in [6, 6.07) is 1.36. The monoisotopic (exact) mass is 268 g/mol. The Morgan fingerprint density at radius 3 is 2.63 bits per heavy atom. The van der Waals surface area contributed by atoms with Crippen molar-refractivity contribution in [2.45, 2.75) is 52.6 Å². The van der Waals surface area contributed by atoms with Crippen LogP contribution >= 0.6 is 0 Å². The molecule has 0 radical (unpaired) electrons. The average molecular weight is 268 g/mol. The highest BCUT2D eigenvalue weighted by molar-refractivity contribution is 5.00. The van der Waals surface area contributed by atoms with Crippen LogP contribution in [0.3, 0.4) is 0 Å². The fourth-order valence-electron chi connectivity index (χ4n) is 4.18. The van der Waals surface area contributed by atoms with Gasteiger partial charge in [-0.3, -0.25) is 4.90 Å². The van der Waals surface area contributed by atoms with Crippen LogP contribution in [0.2, 0.25) is 0 Å². The van der Waals surface area contributed by atoms with Crippen LogP contribution in [-0.2, 0) is 4.74 Å². The quantitative estimate of drug-likeness (QED) is 0.712. The largest absolute Gasteiger partial charge is 0.382 e. The lowest BCUT2D eigenvalue weighted by molar-refractivity contribution is 0.00108. The summed E-state index contributed by atoms with van der Waals surface area (Å²) < 4.78 is 5.63. The highest BCUT2D eigenvalue weighted by Crippen LogP contribution is 2.43. The Balaban J connectivity index is 2.09. The van der Waals surface area contributed by atoms with Crippen LogP contribution in [0, 0.1) is 11.3 Å². The molecule has 2 bridgehead atoms. The molecule has 3 unspecified atom stereocenters. The summed E-state index contributed by atoms with van der Waals surface area (Å²) in [6.07, 6.45) is 2.58. The minimum atomic E-state index is 0.427. The van der Waals surface area contributed by atoms with Crippen molar-refractivity contribution in [1.82, 2.24) is 9.80 Å². The molecule has 0 spiro atoms. The van der Waals surface area contributed by atoms with Gasteiger partial charge in [0.2, 0.25) is 0 Å². The molecule has 0 aromatic heterocycles. The molecule has 3 atom stereocenters. The van der Waals surface area contributed by atoms with Crippen LogP contribution in [0.1, 0.15) is 40.5 Å². The summed E-state index contributed by atoms with van der Waals surface area (Å²) in [5.41, 5.74) is 0.427. The van der Waals surface area contributed by atoms with E-state index >= 15 is 0 Å². The lowest BCUT2D eigenvalue weighted by atomic mass is 9.70. The molecule has 0 aromatic carbocycles. The van der Waals surface area contributed by atoms with E-state index in [1.165, 1.54) is 32.5 Å². The highest BCUT2D eigenvalue weighted by Gasteiger charge is 2.46. The first-order valence-electron chi connectivity index (χ1n) is 7.98. The van der Waals surface area contributed by atoms with E-state index < -0.39 is 0 Å². The van der Waals surface area contributed by atoms with Gasteiger partial charge in [-0.15, -0.1) is 0 Å². The van der Waals surface area contributed by atoms with Crippen molar-refractivity contribution in [1.29, 1.82) is 0 Å². The van der Waals surface area contributed by atoms with Gasteiger partial charge in [-0.1, -0.05) is 6.92 Å². The van der Waals surface area contributed by atoms with Crippen molar-refractivity contribution in [3.05, 3.63) is 0 Å². The number of fused-ring (bicyclic) bond motifs is 4. The fraction of sp³-hybridized carbons (Fsp3) is 1.00. The molecule has 3 nitrogen and oxygen atoms in total. The number of piperidine rings is 1. The minimum Gasteiger partial charge on any atom is -0.382 e. The third-order valence-corrected chi connectivity index (χ3v) is 5.29. The second kappa shape index (κ2) is 6.11. The molecule has 0 aromatic rings. The molecule has 0 saturated carbocycles. The number of rotatable bonds is 5. The van der Waals surface area contributed by atoms with Gasteiger partial charge in [-0.2, -0.15) is 0 Å². The number of hydrogen-bond acceptors (Lipinski definition) is 3. The molecular formula is C16H32N2O. The van der Waals surface area contributed by atoms with Gasteiger partial charge < -0.3 is 9.64 Å². The second-order valence-corrected chi connectivity index (χ2v) is 7.17. The molecule has 19 heavy (non-hydrogen) atoms. The van der Waals surface area contributed by atoms with Crippen molar-refractivity contribution in [3.8, 4) is 0 Å². The third-order valence-electron chi connectivity index (χ3n) is 5.29. The van der Waals surface area contributed by atoms with Gasteiger partial charge in [0.05, 0.1) is 0 Å². The second-order valence-electron chi connectivity index (χ2n) is 7.17. The number of likely N-dealkylation sites (N-methyl/N-ethyl adjacent to an activating group) is 1. The maximum atomic E-state index is 5.63. The number of hydrogen-bond donors (Lipinski definition) is 0. The topological polar surface area (TPSA) is 15.7 Å². The Kier molecular flexibility index (Phi) is 4.91. The Hall–Kier alpha value is -0.120. The van der Waals surface area contributed by atoms with Crippen LogP contribution in [0.4, 0.5) is 0 Å². The van der Waals surface area contributed by atoms with Crippen LogP contribution in [-0.4, -0.2) is 61.8 Å². The van der Waals surface area contributed by atoms with E-state index in [1.54, 1.807) is 0 Å². The first-order chi connectivity index (χ1) is 8.96. The Morgan fingerprint density at radius 1 is 1.26 bits per heavy atom. The normalized spacial score (nSPS) is 36.9. The van der Waals surface area contributed by atoms with E-state index in [2.05, 4.69) is 44.5 Å². The van der Waals surface area contributed by atoms with Crippen molar-refractivity contribution in [3.63, 3.8) is 0 Å². The molecular weight excluding hydrogens is 236 g/mol. The van der Waals surface area contributed by atoms with Crippen molar-refractivity contribution < 1.29 is 4.74 Å². The summed E-state index contributed by atoms with van der Waals surface area (Å²) in [7, 11) is 2.32. The zero-order valence-corrected chi connectivity index (χ0v) is 13.5. The predicted molar refractivity (Wildman–Crippen MR) is 80.5 cm³/mol. The van der Waals surface area contributed by atoms with Crippen molar-refractivity contribution in [2.24, 2.45) is 11.3 Å². The van der Waals surface area contributed by atoms with Gasteiger partial charge in [0, 0.05) is 44.9 Å². The van der Waals surface area contributed by atoms with Gasteiger partial charge in [0.15, 0.2) is 0 Å². The van der Waals surface area contributed by atoms with Gasteiger partial charge in [0.25, 0.3) is 0 Å². The van der Waals surface area contributed by atoms with Crippen LogP contribution in [0.25, 0.3) is 0 Å². The predicted octanol–water partition coefficient (Wildman–Crippen LogP) is 2.46. The van der Waals surface area contributed by atoms with Crippen LogP contribution in [0.15, 0.2) is 0 Å². The van der Waals surface area contributed by atoms with E-state index in [0.29, 0.717) is 17.5 Å². The van der Waals surface area contributed by atoms with Crippen LogP contribution < -0.4 is 0 Å². The molecule has 3 aliphatic rings. The van der Waals surface area contributed by atoms with Crippen molar-refractivity contribution >= 4 is 0 Å². The molecule has 3 heterocycles. The highest BCUT2D eigenvalue weighted by atomic mass is 16.5. The molecule has 112 valence electrons. The van der Waals surface area contributed by atoms with Gasteiger partial charge >= 0.3 is 0 Å². The summed E-state index contributed by atoms with van der Waals surface area (Å²) in [5.74, 6) is 0.831. The summed E-state index contributed by atoms with van der Waals surface area (Å²) in [6.45, 7) is 14.8. The number of ether oxygens (including phenoxy) is 1. The molecule has 0 aliphatic carbocycles. The van der Waals surface area contributed by atoms with Gasteiger partial charge in [0.1, 0.15) is 0 Å². The van der Waals surface area contributed by atoms with Gasteiger partial charge in [-0.25, -0.2) is 0 Å². The first kappa shape index (κ1) is 15.3. The Bertz CT molecular complexity index is 294. The van der Waals surface area contributed by atoms with E-state index in [4.69, 9.17) is 4.74 Å². The SMILES string of the molecule is CCOCCC1(C)CC2CN(C)C1CN(C(C)C)C2. The fourth-order valence-corrected chi connectivity index (χ4v) is 4.18. The minimum absolute atomic E-state index is 0.427. The molecule has 3 heteroatoms. The molecule has 3 rings (SSSR count). The summed E-state index contributed by atoms with van der Waals surface area (Å²) in [4.78, 5) is 5.30. The lowest BCUT2D eigenvalue weighted by Crippen LogP contribution is -2.53. The van der Waals surface area contributed by atoms with Gasteiger partial charge in [-0.05, 0) is 52.0 Å². The van der Waals surface area contributed by atoms with E-state index in [0.717, 1.165) is 19.1 Å². The maximum Gasteiger partial charge on any atom is 0.0471 e. The Morgan fingerprint density at radius 2 is 2.00 bits per heavy atom. The number of nitrogens with zero attached hydrogens (tertiary/aromatic N) is 2. The third kappa shape index (κ3) is 3.32. The maximum absolute atomic E-state index is 5.63. The van der Waals surface area contributed by atoms with E-state index in [1.807, 2.05) is 0 Å². The molecule has 3 aliphatic heterocycles. The van der Waals surface area contributed by atoms with Crippen molar-refractivity contribution in [2.75, 3.05) is 39.9 Å².